The van der Waals surface area contributed by atoms with Crippen molar-refractivity contribution in [3.63, 3.8) is 0 Å². The van der Waals surface area contributed by atoms with Gasteiger partial charge in [-0.25, -0.2) is 9.07 Å². The molecule has 88 valence electrons. The Morgan fingerprint density at radius 1 is 1.41 bits per heavy atom. The fourth-order valence-corrected chi connectivity index (χ4v) is 2.24. The van der Waals surface area contributed by atoms with Crippen molar-refractivity contribution in [2.24, 2.45) is 0 Å². The number of hydrogen-bond donors (Lipinski definition) is 1. The Bertz CT molecular complexity index is 517. The van der Waals surface area contributed by atoms with E-state index in [-0.39, 0.29) is 5.82 Å². The minimum Gasteiger partial charge on any atom is -0.316 e. The lowest BCUT2D eigenvalue weighted by Gasteiger charge is -2.10. The van der Waals surface area contributed by atoms with Gasteiger partial charge in [-0.05, 0) is 31.2 Å². The SMILES string of the molecule is Fc1cccc(-n2nncc2C2CCNC2)c1. The van der Waals surface area contributed by atoms with E-state index in [0.29, 0.717) is 5.92 Å². The van der Waals surface area contributed by atoms with E-state index >= 15 is 0 Å². The van der Waals surface area contributed by atoms with Crippen LogP contribution in [-0.2, 0) is 0 Å². The summed E-state index contributed by atoms with van der Waals surface area (Å²) in [5.41, 5.74) is 1.77. The highest BCUT2D eigenvalue weighted by Gasteiger charge is 2.21. The molecule has 1 atom stereocenters. The molecule has 4 nitrogen and oxygen atoms in total. The zero-order valence-electron chi connectivity index (χ0n) is 9.31. The first-order valence-corrected chi connectivity index (χ1v) is 5.72. The molecule has 3 rings (SSSR count). The van der Waals surface area contributed by atoms with Gasteiger partial charge >= 0.3 is 0 Å². The maximum absolute atomic E-state index is 13.2. The van der Waals surface area contributed by atoms with Crippen molar-refractivity contribution in [3.05, 3.63) is 42.0 Å². The van der Waals surface area contributed by atoms with Crippen LogP contribution < -0.4 is 5.32 Å². The topological polar surface area (TPSA) is 42.7 Å². The summed E-state index contributed by atoms with van der Waals surface area (Å²) < 4.78 is 14.9. The van der Waals surface area contributed by atoms with Crippen LogP contribution in [0.5, 0.6) is 0 Å². The van der Waals surface area contributed by atoms with Gasteiger partial charge in [0.2, 0.25) is 0 Å². The van der Waals surface area contributed by atoms with Gasteiger partial charge in [0.25, 0.3) is 0 Å². The minimum atomic E-state index is -0.256. The van der Waals surface area contributed by atoms with Gasteiger partial charge in [-0.15, -0.1) is 5.10 Å². The predicted molar refractivity (Wildman–Crippen MR) is 61.5 cm³/mol. The third kappa shape index (κ3) is 1.93. The molecule has 0 radical (unpaired) electrons. The normalized spacial score (nSPS) is 19.7. The van der Waals surface area contributed by atoms with Crippen molar-refractivity contribution in [2.75, 3.05) is 13.1 Å². The number of benzene rings is 1. The Labute approximate surface area is 98.5 Å². The van der Waals surface area contributed by atoms with Gasteiger partial charge in [-0.2, -0.15) is 0 Å². The molecule has 0 bridgehead atoms. The molecule has 1 saturated heterocycles. The molecule has 0 spiro atoms. The average Bonchev–Trinajstić information content (AvgIpc) is 3.00. The van der Waals surface area contributed by atoms with Gasteiger partial charge in [-0.1, -0.05) is 11.3 Å². The van der Waals surface area contributed by atoms with Crippen LogP contribution in [0.2, 0.25) is 0 Å². The number of hydrogen-bond acceptors (Lipinski definition) is 3. The second kappa shape index (κ2) is 4.25. The van der Waals surface area contributed by atoms with E-state index < -0.39 is 0 Å². The predicted octanol–water partition coefficient (Wildman–Crippen LogP) is 1.48. The Balaban J connectivity index is 2.00. The largest absolute Gasteiger partial charge is 0.316 e. The quantitative estimate of drug-likeness (QED) is 0.853. The molecule has 1 fully saturated rings. The number of nitrogens with one attached hydrogen (secondary N) is 1. The van der Waals surface area contributed by atoms with Crippen LogP contribution in [0.25, 0.3) is 5.69 Å². The molecular weight excluding hydrogens is 219 g/mol. The molecular formula is C12H13FN4. The average molecular weight is 232 g/mol. The fourth-order valence-electron chi connectivity index (χ4n) is 2.24. The molecule has 2 aromatic rings. The molecule has 1 aliphatic rings. The van der Waals surface area contributed by atoms with Crippen LogP contribution in [0.3, 0.4) is 0 Å². The summed E-state index contributed by atoms with van der Waals surface area (Å²) in [5.74, 6) is 0.154. The first-order valence-electron chi connectivity index (χ1n) is 5.72. The molecule has 1 N–H and O–H groups in total. The van der Waals surface area contributed by atoms with E-state index in [1.54, 1.807) is 16.9 Å². The molecule has 1 unspecified atom stereocenters. The highest BCUT2D eigenvalue weighted by Crippen LogP contribution is 2.23. The summed E-state index contributed by atoms with van der Waals surface area (Å²) in [6, 6.07) is 6.42. The van der Waals surface area contributed by atoms with E-state index in [2.05, 4.69) is 15.6 Å². The first kappa shape index (κ1) is 10.4. The molecule has 1 aliphatic heterocycles. The Morgan fingerprint density at radius 3 is 3.12 bits per heavy atom. The standard InChI is InChI=1S/C12H13FN4/c13-10-2-1-3-11(6-10)17-12(8-15-16-17)9-4-5-14-7-9/h1-3,6,8-9,14H,4-5,7H2. The van der Waals surface area contributed by atoms with Crippen molar-refractivity contribution in [1.29, 1.82) is 0 Å². The summed E-state index contributed by atoms with van der Waals surface area (Å²) in [6.45, 7) is 1.95. The van der Waals surface area contributed by atoms with Crippen LogP contribution in [0.15, 0.2) is 30.5 Å². The van der Waals surface area contributed by atoms with Gasteiger partial charge in [0, 0.05) is 12.5 Å². The Hall–Kier alpha value is -1.75. The molecule has 1 aromatic heterocycles. The lowest BCUT2D eigenvalue weighted by Crippen LogP contribution is -2.11. The fraction of sp³-hybridized carbons (Fsp3) is 0.333. The Morgan fingerprint density at radius 2 is 2.35 bits per heavy atom. The minimum absolute atomic E-state index is 0.256. The maximum atomic E-state index is 13.2. The molecule has 0 amide bonds. The number of nitrogens with zero attached hydrogens (tertiary/aromatic N) is 3. The molecule has 17 heavy (non-hydrogen) atoms. The lowest BCUT2D eigenvalue weighted by molar-refractivity contribution is 0.621. The summed E-state index contributed by atoms with van der Waals surface area (Å²) in [7, 11) is 0. The third-order valence-electron chi connectivity index (χ3n) is 3.11. The Kier molecular flexibility index (Phi) is 2.60. The molecule has 1 aromatic carbocycles. The monoisotopic (exact) mass is 232 g/mol. The number of halogens is 1. The first-order chi connectivity index (χ1) is 8.34. The second-order valence-corrected chi connectivity index (χ2v) is 4.24. The third-order valence-corrected chi connectivity index (χ3v) is 3.11. The van der Waals surface area contributed by atoms with Gasteiger partial charge in [0.05, 0.1) is 17.6 Å². The van der Waals surface area contributed by atoms with Crippen molar-refractivity contribution in [3.8, 4) is 5.69 Å². The van der Waals surface area contributed by atoms with E-state index in [9.17, 15) is 4.39 Å². The van der Waals surface area contributed by atoms with Crippen LogP contribution in [0, 0.1) is 5.82 Å². The van der Waals surface area contributed by atoms with E-state index in [4.69, 9.17) is 0 Å². The smallest absolute Gasteiger partial charge is 0.125 e. The zero-order valence-corrected chi connectivity index (χ0v) is 9.31. The van der Waals surface area contributed by atoms with Crippen molar-refractivity contribution >= 4 is 0 Å². The molecule has 0 saturated carbocycles. The summed E-state index contributed by atoms with van der Waals surface area (Å²) in [6.07, 6.45) is 2.84. The van der Waals surface area contributed by atoms with E-state index in [1.165, 1.54) is 12.1 Å². The zero-order chi connectivity index (χ0) is 11.7. The van der Waals surface area contributed by atoms with Crippen LogP contribution in [-0.4, -0.2) is 28.1 Å². The number of aromatic nitrogens is 3. The van der Waals surface area contributed by atoms with Crippen LogP contribution in [0.1, 0.15) is 18.0 Å². The molecule has 2 heterocycles. The second-order valence-electron chi connectivity index (χ2n) is 4.24. The summed E-state index contributed by atoms with van der Waals surface area (Å²) in [5, 5.41) is 11.3. The van der Waals surface area contributed by atoms with Crippen molar-refractivity contribution in [1.82, 2.24) is 20.3 Å². The van der Waals surface area contributed by atoms with E-state index in [0.717, 1.165) is 30.9 Å². The highest BCUT2D eigenvalue weighted by molar-refractivity contribution is 5.33. The summed E-state index contributed by atoms with van der Waals surface area (Å²) in [4.78, 5) is 0. The lowest BCUT2D eigenvalue weighted by atomic mass is 10.1. The van der Waals surface area contributed by atoms with Crippen molar-refractivity contribution in [2.45, 2.75) is 12.3 Å². The summed E-state index contributed by atoms with van der Waals surface area (Å²) >= 11 is 0. The van der Waals surface area contributed by atoms with Crippen LogP contribution >= 0.6 is 0 Å². The van der Waals surface area contributed by atoms with Gasteiger partial charge in [-0.3, -0.25) is 0 Å². The van der Waals surface area contributed by atoms with Gasteiger partial charge in [0.1, 0.15) is 5.82 Å². The van der Waals surface area contributed by atoms with Gasteiger partial charge < -0.3 is 5.32 Å². The highest BCUT2D eigenvalue weighted by atomic mass is 19.1. The molecule has 0 aliphatic carbocycles. The van der Waals surface area contributed by atoms with Crippen LogP contribution in [0.4, 0.5) is 4.39 Å². The van der Waals surface area contributed by atoms with Gasteiger partial charge in [0.15, 0.2) is 0 Å². The molecule has 5 heteroatoms. The number of rotatable bonds is 2. The van der Waals surface area contributed by atoms with E-state index in [1.807, 2.05) is 6.07 Å². The van der Waals surface area contributed by atoms with Crippen molar-refractivity contribution < 1.29 is 4.39 Å². The maximum Gasteiger partial charge on any atom is 0.125 e.